The number of hydrogen-bond acceptors (Lipinski definition) is 5. The van der Waals surface area contributed by atoms with Gasteiger partial charge < -0.3 is 18.7 Å². The van der Waals surface area contributed by atoms with Crippen LogP contribution in [0.5, 0.6) is 5.75 Å². The molecule has 6 nitrogen and oxygen atoms in total. The fourth-order valence-electron chi connectivity index (χ4n) is 2.21. The second-order valence-corrected chi connectivity index (χ2v) is 4.63. The Morgan fingerprint density at radius 1 is 1.50 bits per heavy atom. The molecule has 3 rings (SSSR count). The van der Waals surface area contributed by atoms with Gasteiger partial charge in [0.2, 0.25) is 0 Å². The SMILES string of the molecule is C=CCOc1cccc2oc(-c3nc(C(=O)O)co3)c(C)c12. The van der Waals surface area contributed by atoms with E-state index in [1.807, 2.05) is 19.1 Å². The van der Waals surface area contributed by atoms with Gasteiger partial charge in [-0.05, 0) is 19.1 Å². The van der Waals surface area contributed by atoms with Crippen LogP contribution in [0.2, 0.25) is 0 Å². The maximum Gasteiger partial charge on any atom is 0.357 e. The highest BCUT2D eigenvalue weighted by atomic mass is 16.5. The van der Waals surface area contributed by atoms with Gasteiger partial charge in [0.15, 0.2) is 11.5 Å². The Morgan fingerprint density at radius 3 is 3.00 bits per heavy atom. The van der Waals surface area contributed by atoms with Crippen LogP contribution in [-0.2, 0) is 0 Å². The van der Waals surface area contributed by atoms with Crippen LogP contribution in [0.3, 0.4) is 0 Å². The summed E-state index contributed by atoms with van der Waals surface area (Å²) in [6.07, 6.45) is 2.74. The van der Waals surface area contributed by atoms with Crippen molar-refractivity contribution in [2.24, 2.45) is 0 Å². The van der Waals surface area contributed by atoms with Crippen molar-refractivity contribution in [3.63, 3.8) is 0 Å². The first-order valence-electron chi connectivity index (χ1n) is 6.57. The van der Waals surface area contributed by atoms with Crippen LogP contribution in [0.4, 0.5) is 0 Å². The number of carbonyl (C=O) groups is 1. The summed E-state index contributed by atoms with van der Waals surface area (Å²) in [7, 11) is 0. The number of aromatic nitrogens is 1. The van der Waals surface area contributed by atoms with Crippen molar-refractivity contribution in [3.8, 4) is 17.4 Å². The minimum Gasteiger partial charge on any atom is -0.489 e. The van der Waals surface area contributed by atoms with Crippen molar-refractivity contribution in [3.05, 3.63) is 48.4 Å². The first-order valence-corrected chi connectivity index (χ1v) is 6.57. The number of nitrogens with zero attached hydrogens (tertiary/aromatic N) is 1. The number of carboxylic acids is 1. The number of ether oxygens (including phenoxy) is 1. The van der Waals surface area contributed by atoms with Gasteiger partial charge >= 0.3 is 5.97 Å². The van der Waals surface area contributed by atoms with E-state index in [2.05, 4.69) is 11.6 Å². The summed E-state index contributed by atoms with van der Waals surface area (Å²) in [6.45, 7) is 5.84. The van der Waals surface area contributed by atoms with Crippen molar-refractivity contribution in [2.75, 3.05) is 6.61 Å². The molecule has 0 spiro atoms. The summed E-state index contributed by atoms with van der Waals surface area (Å²) in [4.78, 5) is 14.8. The van der Waals surface area contributed by atoms with Gasteiger partial charge in [-0.3, -0.25) is 0 Å². The predicted octanol–water partition coefficient (Wildman–Crippen LogP) is 3.66. The fraction of sp³-hybridized carbons (Fsp3) is 0.125. The van der Waals surface area contributed by atoms with Crippen molar-refractivity contribution < 1.29 is 23.5 Å². The van der Waals surface area contributed by atoms with E-state index >= 15 is 0 Å². The lowest BCUT2D eigenvalue weighted by molar-refractivity contribution is 0.0690. The van der Waals surface area contributed by atoms with Crippen LogP contribution in [-0.4, -0.2) is 22.7 Å². The minimum atomic E-state index is -1.15. The third kappa shape index (κ3) is 2.24. The molecule has 1 N–H and O–H groups in total. The van der Waals surface area contributed by atoms with Crippen molar-refractivity contribution in [2.45, 2.75) is 6.92 Å². The lowest BCUT2D eigenvalue weighted by Crippen LogP contribution is -1.95. The zero-order chi connectivity index (χ0) is 15.7. The van der Waals surface area contributed by atoms with E-state index in [0.29, 0.717) is 23.7 Å². The zero-order valence-electron chi connectivity index (χ0n) is 11.8. The van der Waals surface area contributed by atoms with Gasteiger partial charge in [-0.25, -0.2) is 4.79 Å². The summed E-state index contributed by atoms with van der Waals surface area (Å²) in [5.41, 5.74) is 1.22. The second-order valence-electron chi connectivity index (χ2n) is 4.63. The number of benzene rings is 1. The van der Waals surface area contributed by atoms with E-state index in [9.17, 15) is 4.79 Å². The van der Waals surface area contributed by atoms with Crippen LogP contribution in [0.15, 0.2) is 46.0 Å². The van der Waals surface area contributed by atoms with Crippen LogP contribution in [0.1, 0.15) is 16.1 Å². The van der Waals surface area contributed by atoms with Gasteiger partial charge in [-0.15, -0.1) is 0 Å². The number of fused-ring (bicyclic) bond motifs is 1. The Hall–Kier alpha value is -3.02. The first-order chi connectivity index (χ1) is 10.6. The van der Waals surface area contributed by atoms with Crippen molar-refractivity contribution in [1.29, 1.82) is 0 Å². The molecule has 22 heavy (non-hydrogen) atoms. The van der Waals surface area contributed by atoms with E-state index in [1.165, 1.54) is 0 Å². The molecule has 0 radical (unpaired) electrons. The summed E-state index contributed by atoms with van der Waals surface area (Å²) in [6, 6.07) is 5.44. The molecule has 1 aromatic carbocycles. The van der Waals surface area contributed by atoms with Gasteiger partial charge in [-0.2, -0.15) is 4.98 Å². The average Bonchev–Trinajstić information content (AvgIpc) is 3.10. The van der Waals surface area contributed by atoms with E-state index in [-0.39, 0.29) is 11.6 Å². The third-order valence-corrected chi connectivity index (χ3v) is 3.19. The van der Waals surface area contributed by atoms with Crippen LogP contribution >= 0.6 is 0 Å². The molecule has 0 bridgehead atoms. The highest BCUT2D eigenvalue weighted by molar-refractivity contribution is 5.92. The van der Waals surface area contributed by atoms with E-state index in [0.717, 1.165) is 17.2 Å². The first kappa shape index (κ1) is 13.9. The molecule has 0 saturated carbocycles. The Labute approximate surface area is 125 Å². The number of carboxylic acid groups (broad SMARTS) is 1. The Balaban J connectivity index is 2.12. The van der Waals surface area contributed by atoms with Gasteiger partial charge in [0, 0.05) is 5.56 Å². The molecular weight excluding hydrogens is 286 g/mol. The maximum atomic E-state index is 10.9. The third-order valence-electron chi connectivity index (χ3n) is 3.19. The summed E-state index contributed by atoms with van der Waals surface area (Å²) in [5.74, 6) is 0.0200. The number of aryl methyl sites for hydroxylation is 1. The fourth-order valence-corrected chi connectivity index (χ4v) is 2.21. The normalized spacial score (nSPS) is 10.8. The Morgan fingerprint density at radius 2 is 2.32 bits per heavy atom. The van der Waals surface area contributed by atoms with Crippen molar-refractivity contribution >= 4 is 16.9 Å². The van der Waals surface area contributed by atoms with Crippen LogP contribution in [0, 0.1) is 6.92 Å². The lowest BCUT2D eigenvalue weighted by atomic mass is 10.1. The molecule has 112 valence electrons. The van der Waals surface area contributed by atoms with Crippen molar-refractivity contribution in [1.82, 2.24) is 4.98 Å². The number of hydrogen-bond donors (Lipinski definition) is 1. The Kier molecular flexibility index (Phi) is 3.42. The molecule has 0 saturated heterocycles. The largest absolute Gasteiger partial charge is 0.489 e. The number of furan rings is 1. The molecule has 0 unspecified atom stereocenters. The predicted molar refractivity (Wildman–Crippen MR) is 79.1 cm³/mol. The standard InChI is InChI=1S/C16H13NO5/c1-3-7-20-11-5-4-6-12-13(11)9(2)14(22-12)15-17-10(8-21-15)16(18)19/h3-6,8H,1,7H2,2H3,(H,18,19). The van der Waals surface area contributed by atoms with E-state index in [1.54, 1.807) is 12.1 Å². The molecule has 0 fully saturated rings. The summed E-state index contributed by atoms with van der Waals surface area (Å²) >= 11 is 0. The quantitative estimate of drug-likeness (QED) is 0.723. The molecule has 2 heterocycles. The van der Waals surface area contributed by atoms with Crippen LogP contribution < -0.4 is 4.74 Å². The molecule has 6 heteroatoms. The number of aromatic carboxylic acids is 1. The molecule has 2 aromatic heterocycles. The van der Waals surface area contributed by atoms with Gasteiger partial charge in [-0.1, -0.05) is 18.7 Å². The lowest BCUT2D eigenvalue weighted by Gasteiger charge is -2.04. The van der Waals surface area contributed by atoms with E-state index in [4.69, 9.17) is 18.7 Å². The molecule has 0 aliphatic rings. The summed E-state index contributed by atoms with van der Waals surface area (Å²) in [5, 5.41) is 9.71. The molecule has 0 aliphatic heterocycles. The molecular formula is C16H13NO5. The van der Waals surface area contributed by atoms with E-state index < -0.39 is 5.97 Å². The van der Waals surface area contributed by atoms with Gasteiger partial charge in [0.1, 0.15) is 24.2 Å². The molecule has 3 aromatic rings. The smallest absolute Gasteiger partial charge is 0.357 e. The molecule has 0 aliphatic carbocycles. The summed E-state index contributed by atoms with van der Waals surface area (Å²) < 4.78 is 16.6. The van der Waals surface area contributed by atoms with Gasteiger partial charge in [0.05, 0.1) is 5.39 Å². The molecule has 0 atom stereocenters. The Bertz CT molecular complexity index is 859. The number of rotatable bonds is 5. The maximum absolute atomic E-state index is 10.9. The van der Waals surface area contributed by atoms with Crippen LogP contribution in [0.25, 0.3) is 22.6 Å². The monoisotopic (exact) mass is 299 g/mol. The highest BCUT2D eigenvalue weighted by Crippen LogP contribution is 2.37. The highest BCUT2D eigenvalue weighted by Gasteiger charge is 2.21. The zero-order valence-corrected chi connectivity index (χ0v) is 11.8. The topological polar surface area (TPSA) is 85.7 Å². The second kappa shape index (κ2) is 5.40. The minimum absolute atomic E-state index is 0.126. The molecule has 0 amide bonds. The average molecular weight is 299 g/mol. The number of oxazole rings is 1. The van der Waals surface area contributed by atoms with Gasteiger partial charge in [0.25, 0.3) is 5.89 Å².